The molecule has 3 rings (SSSR count). The van der Waals surface area contributed by atoms with Crippen molar-refractivity contribution in [2.75, 3.05) is 18.4 Å². The van der Waals surface area contributed by atoms with E-state index >= 15 is 0 Å². The van der Waals surface area contributed by atoms with Gasteiger partial charge >= 0.3 is 0 Å². The average Bonchev–Trinajstić information content (AvgIpc) is 3.08. The van der Waals surface area contributed by atoms with Gasteiger partial charge in [0.25, 0.3) is 5.91 Å². The Balaban J connectivity index is 1.62. The van der Waals surface area contributed by atoms with E-state index in [1.807, 2.05) is 17.0 Å². The van der Waals surface area contributed by atoms with E-state index in [0.29, 0.717) is 12.2 Å². The van der Waals surface area contributed by atoms with E-state index < -0.39 is 0 Å². The van der Waals surface area contributed by atoms with E-state index in [0.717, 1.165) is 18.7 Å². The Hall–Kier alpha value is -2.37. The van der Waals surface area contributed by atoms with Crippen LogP contribution in [0.5, 0.6) is 0 Å². The van der Waals surface area contributed by atoms with E-state index in [1.54, 1.807) is 36.4 Å². The fourth-order valence-electron chi connectivity index (χ4n) is 2.49. The number of carbonyl (C=O) groups is 1. The molecule has 0 aromatic carbocycles. The minimum Gasteiger partial charge on any atom is -0.379 e. The first-order valence-corrected chi connectivity index (χ1v) is 6.68. The van der Waals surface area contributed by atoms with Gasteiger partial charge in [-0.1, -0.05) is 0 Å². The molecule has 1 amide bonds. The molecule has 2 aromatic rings. The molecule has 1 unspecified atom stereocenters. The number of aryl methyl sites for hydroxylation is 1. The SMILES string of the molecule is Cn1nccc1C(=O)N1CCC(Nc2cccnc2)C1. The molecule has 0 saturated carbocycles. The molecule has 1 atom stereocenters. The first kappa shape index (κ1) is 12.7. The lowest BCUT2D eigenvalue weighted by molar-refractivity contribution is 0.0780. The normalized spacial score (nSPS) is 18.2. The Morgan fingerprint density at radius 2 is 2.30 bits per heavy atom. The minimum absolute atomic E-state index is 0.0421. The molecule has 20 heavy (non-hydrogen) atoms. The fraction of sp³-hybridized carbons (Fsp3) is 0.357. The molecule has 0 bridgehead atoms. The highest BCUT2D eigenvalue weighted by molar-refractivity contribution is 5.92. The summed E-state index contributed by atoms with van der Waals surface area (Å²) < 4.78 is 1.62. The molecule has 1 fully saturated rings. The monoisotopic (exact) mass is 271 g/mol. The van der Waals surface area contributed by atoms with Crippen LogP contribution in [0.15, 0.2) is 36.8 Å². The number of carbonyl (C=O) groups excluding carboxylic acids is 1. The maximum absolute atomic E-state index is 12.4. The second kappa shape index (κ2) is 5.32. The standard InChI is InChI=1S/C14H17N5O/c1-18-13(4-7-16-18)14(20)19-8-5-12(10-19)17-11-3-2-6-15-9-11/h2-4,6-7,9,12,17H,5,8,10H2,1H3. The van der Waals surface area contributed by atoms with E-state index in [4.69, 9.17) is 0 Å². The highest BCUT2D eigenvalue weighted by Gasteiger charge is 2.28. The molecule has 1 N–H and O–H groups in total. The molecule has 1 aliphatic rings. The Bertz CT molecular complexity index is 595. The van der Waals surface area contributed by atoms with E-state index in [2.05, 4.69) is 15.4 Å². The predicted molar refractivity (Wildman–Crippen MR) is 75.4 cm³/mol. The summed E-state index contributed by atoms with van der Waals surface area (Å²) in [5, 5.41) is 7.45. The molecule has 6 nitrogen and oxygen atoms in total. The zero-order chi connectivity index (χ0) is 13.9. The molecule has 1 aliphatic heterocycles. The molecule has 0 radical (unpaired) electrons. The maximum atomic E-state index is 12.4. The van der Waals surface area contributed by atoms with E-state index in [-0.39, 0.29) is 11.9 Å². The number of nitrogens with one attached hydrogen (secondary N) is 1. The number of hydrogen-bond donors (Lipinski definition) is 1. The highest BCUT2D eigenvalue weighted by atomic mass is 16.2. The largest absolute Gasteiger partial charge is 0.379 e. The first-order chi connectivity index (χ1) is 9.74. The number of rotatable bonds is 3. The smallest absolute Gasteiger partial charge is 0.272 e. The van der Waals surface area contributed by atoms with Crippen LogP contribution >= 0.6 is 0 Å². The van der Waals surface area contributed by atoms with Gasteiger partial charge < -0.3 is 10.2 Å². The Labute approximate surface area is 117 Å². The van der Waals surface area contributed by atoms with Crippen LogP contribution in [0.3, 0.4) is 0 Å². The van der Waals surface area contributed by atoms with Crippen molar-refractivity contribution in [3.63, 3.8) is 0 Å². The van der Waals surface area contributed by atoms with E-state index in [9.17, 15) is 4.79 Å². The zero-order valence-electron chi connectivity index (χ0n) is 11.4. The molecule has 0 spiro atoms. The molecular formula is C14H17N5O. The van der Waals surface area contributed by atoms with Gasteiger partial charge in [-0.15, -0.1) is 0 Å². The summed E-state index contributed by atoms with van der Waals surface area (Å²) in [5.74, 6) is 0.0421. The van der Waals surface area contributed by atoms with Crippen molar-refractivity contribution in [3.8, 4) is 0 Å². The van der Waals surface area contributed by atoms with Crippen molar-refractivity contribution in [2.24, 2.45) is 7.05 Å². The van der Waals surface area contributed by atoms with Gasteiger partial charge in [0, 0.05) is 44.8 Å². The van der Waals surface area contributed by atoms with Crippen molar-refractivity contribution >= 4 is 11.6 Å². The molecule has 104 valence electrons. The maximum Gasteiger partial charge on any atom is 0.272 e. The number of amides is 1. The van der Waals surface area contributed by atoms with Crippen molar-refractivity contribution in [3.05, 3.63) is 42.5 Å². The third kappa shape index (κ3) is 2.49. The highest BCUT2D eigenvalue weighted by Crippen LogP contribution is 2.17. The van der Waals surface area contributed by atoms with Crippen molar-refractivity contribution in [1.82, 2.24) is 19.7 Å². The minimum atomic E-state index is 0.0421. The Morgan fingerprint density at radius 3 is 3.00 bits per heavy atom. The van der Waals surface area contributed by atoms with Crippen molar-refractivity contribution < 1.29 is 4.79 Å². The fourth-order valence-corrected chi connectivity index (χ4v) is 2.49. The summed E-state index contributed by atoms with van der Waals surface area (Å²) in [6.07, 6.45) is 6.14. The van der Waals surface area contributed by atoms with Gasteiger partial charge in [-0.25, -0.2) is 0 Å². The van der Waals surface area contributed by atoms with Gasteiger partial charge in [0.15, 0.2) is 0 Å². The van der Waals surface area contributed by atoms with Crippen LogP contribution in [0.2, 0.25) is 0 Å². The van der Waals surface area contributed by atoms with Crippen LogP contribution in [0.1, 0.15) is 16.9 Å². The molecule has 2 aromatic heterocycles. The third-order valence-electron chi connectivity index (χ3n) is 3.55. The number of likely N-dealkylation sites (tertiary alicyclic amines) is 1. The second-order valence-electron chi connectivity index (χ2n) is 4.96. The lowest BCUT2D eigenvalue weighted by Crippen LogP contribution is -2.32. The quantitative estimate of drug-likeness (QED) is 0.909. The lowest BCUT2D eigenvalue weighted by atomic mass is 10.2. The van der Waals surface area contributed by atoms with Crippen LogP contribution in [0.25, 0.3) is 0 Å². The van der Waals surface area contributed by atoms with Crippen LogP contribution in [0.4, 0.5) is 5.69 Å². The topological polar surface area (TPSA) is 63.1 Å². The lowest BCUT2D eigenvalue weighted by Gasteiger charge is -2.17. The van der Waals surface area contributed by atoms with Gasteiger partial charge in [0.2, 0.25) is 0 Å². The Kier molecular flexibility index (Phi) is 3.37. The average molecular weight is 271 g/mol. The number of anilines is 1. The van der Waals surface area contributed by atoms with Gasteiger partial charge in [-0.2, -0.15) is 5.10 Å². The van der Waals surface area contributed by atoms with E-state index in [1.165, 1.54) is 0 Å². The van der Waals surface area contributed by atoms with Crippen LogP contribution in [-0.4, -0.2) is 44.7 Å². The number of pyridine rings is 1. The Morgan fingerprint density at radius 1 is 1.40 bits per heavy atom. The summed E-state index contributed by atoms with van der Waals surface area (Å²) in [6.45, 7) is 1.47. The summed E-state index contributed by atoms with van der Waals surface area (Å²) in [6, 6.07) is 5.91. The predicted octanol–water partition coefficient (Wildman–Crippen LogP) is 1.14. The second-order valence-corrected chi connectivity index (χ2v) is 4.96. The van der Waals surface area contributed by atoms with Gasteiger partial charge in [-0.3, -0.25) is 14.5 Å². The third-order valence-corrected chi connectivity index (χ3v) is 3.55. The van der Waals surface area contributed by atoms with Crippen molar-refractivity contribution in [2.45, 2.75) is 12.5 Å². The first-order valence-electron chi connectivity index (χ1n) is 6.68. The summed E-state index contributed by atoms with van der Waals surface area (Å²) in [7, 11) is 1.79. The van der Waals surface area contributed by atoms with Crippen LogP contribution in [-0.2, 0) is 7.05 Å². The molecule has 6 heteroatoms. The van der Waals surface area contributed by atoms with Crippen molar-refractivity contribution in [1.29, 1.82) is 0 Å². The van der Waals surface area contributed by atoms with Gasteiger partial charge in [0.05, 0.1) is 5.69 Å². The molecule has 1 saturated heterocycles. The molecular weight excluding hydrogens is 254 g/mol. The summed E-state index contributed by atoms with van der Waals surface area (Å²) >= 11 is 0. The number of hydrogen-bond acceptors (Lipinski definition) is 4. The number of aromatic nitrogens is 3. The molecule has 0 aliphatic carbocycles. The number of nitrogens with zero attached hydrogens (tertiary/aromatic N) is 4. The van der Waals surface area contributed by atoms with Gasteiger partial charge in [0.1, 0.15) is 5.69 Å². The summed E-state index contributed by atoms with van der Waals surface area (Å²) in [5.41, 5.74) is 1.62. The van der Waals surface area contributed by atoms with Crippen LogP contribution < -0.4 is 5.32 Å². The van der Waals surface area contributed by atoms with Crippen LogP contribution in [0, 0.1) is 0 Å². The molecule has 3 heterocycles. The zero-order valence-corrected chi connectivity index (χ0v) is 11.4. The summed E-state index contributed by atoms with van der Waals surface area (Å²) in [4.78, 5) is 18.3. The van der Waals surface area contributed by atoms with Gasteiger partial charge in [-0.05, 0) is 24.6 Å².